The molecule has 4 aliphatic carbocycles. The van der Waals surface area contributed by atoms with Gasteiger partial charge in [-0.15, -0.1) is 0 Å². The third-order valence-electron chi connectivity index (χ3n) is 8.14. The number of Topliss-reactive ketones (excluding diaryl/α,β-unsaturated/α-hetero) is 1. The molecule has 6 atom stereocenters. The first kappa shape index (κ1) is 15.6. The van der Waals surface area contributed by atoms with Gasteiger partial charge in [-0.2, -0.15) is 0 Å². The molecule has 4 aliphatic rings. The van der Waals surface area contributed by atoms with Crippen LogP contribution in [0.2, 0.25) is 0 Å². The Balaban J connectivity index is 1.78. The van der Waals surface area contributed by atoms with E-state index in [0.29, 0.717) is 24.5 Å². The number of ketones is 1. The fraction of sp³-hybridized carbons (Fsp3) is 0.842. The first-order chi connectivity index (χ1) is 10.7. The van der Waals surface area contributed by atoms with Crippen LogP contribution in [0.15, 0.2) is 11.3 Å². The van der Waals surface area contributed by atoms with Crippen LogP contribution < -0.4 is 5.73 Å². The third kappa shape index (κ3) is 1.77. The normalized spacial score (nSPS) is 52.9. The third-order valence-corrected chi connectivity index (χ3v) is 8.14. The zero-order chi connectivity index (χ0) is 16.6. The fourth-order valence-corrected chi connectivity index (χ4v) is 6.82. The van der Waals surface area contributed by atoms with E-state index in [1.807, 2.05) is 0 Å². The van der Waals surface area contributed by atoms with E-state index in [4.69, 9.17) is 5.73 Å². The Bertz CT molecular complexity index is 599. The second-order valence-corrected chi connectivity index (χ2v) is 8.97. The van der Waals surface area contributed by atoms with Crippen LogP contribution in [-0.4, -0.2) is 27.6 Å². The number of fused-ring (bicyclic) bond motifs is 5. The van der Waals surface area contributed by atoms with Gasteiger partial charge in [0, 0.05) is 17.4 Å². The van der Waals surface area contributed by atoms with Crippen molar-refractivity contribution in [3.63, 3.8) is 0 Å². The Morgan fingerprint density at radius 1 is 1.00 bits per heavy atom. The molecule has 23 heavy (non-hydrogen) atoms. The summed E-state index contributed by atoms with van der Waals surface area (Å²) in [5.41, 5.74) is 7.42. The van der Waals surface area contributed by atoms with Crippen molar-refractivity contribution in [3.8, 4) is 0 Å². The van der Waals surface area contributed by atoms with Gasteiger partial charge in [0.25, 0.3) is 0 Å². The standard InChI is InChI=1S/C19H29NO3/c1-17-8-6-12(21)16(23)11(17)5-10-19(20)13-3-4-15(22)18(13,2)9-7-14(17)19/h12-14,21,23H,3-10,20H2,1-2H3/t12?,13-,14-,17+,18+,19-/m1/s1. The summed E-state index contributed by atoms with van der Waals surface area (Å²) in [4.78, 5) is 12.5. The van der Waals surface area contributed by atoms with Gasteiger partial charge in [0.2, 0.25) is 0 Å². The van der Waals surface area contributed by atoms with E-state index in [1.54, 1.807) is 0 Å². The highest BCUT2D eigenvalue weighted by Gasteiger charge is 2.65. The lowest BCUT2D eigenvalue weighted by atomic mass is 9.44. The van der Waals surface area contributed by atoms with Crippen LogP contribution in [0, 0.1) is 22.7 Å². The maximum absolute atomic E-state index is 12.5. The van der Waals surface area contributed by atoms with Crippen LogP contribution in [0.1, 0.15) is 65.2 Å². The number of allylic oxidation sites excluding steroid dienone is 1. The summed E-state index contributed by atoms with van der Waals surface area (Å²) >= 11 is 0. The quantitative estimate of drug-likeness (QED) is 0.641. The van der Waals surface area contributed by atoms with Crippen molar-refractivity contribution >= 4 is 5.78 Å². The fourth-order valence-electron chi connectivity index (χ4n) is 6.82. The molecular formula is C19H29NO3. The average Bonchev–Trinajstić information content (AvgIpc) is 2.80. The van der Waals surface area contributed by atoms with E-state index in [1.165, 1.54) is 0 Å². The molecule has 0 aromatic carbocycles. The molecule has 0 aliphatic heterocycles. The van der Waals surface area contributed by atoms with Crippen LogP contribution >= 0.6 is 0 Å². The van der Waals surface area contributed by atoms with Crippen molar-refractivity contribution < 1.29 is 15.0 Å². The lowest BCUT2D eigenvalue weighted by molar-refractivity contribution is -0.134. The minimum absolute atomic E-state index is 0.122. The van der Waals surface area contributed by atoms with Crippen molar-refractivity contribution in [2.24, 2.45) is 28.4 Å². The minimum Gasteiger partial charge on any atom is -0.510 e. The molecule has 4 rings (SSSR count). The topological polar surface area (TPSA) is 83.6 Å². The van der Waals surface area contributed by atoms with E-state index in [-0.39, 0.29) is 28.0 Å². The highest BCUT2D eigenvalue weighted by molar-refractivity contribution is 5.87. The Kier molecular flexibility index (Phi) is 3.13. The molecule has 0 aromatic heterocycles. The summed E-state index contributed by atoms with van der Waals surface area (Å²) in [6.07, 6.45) is 5.85. The molecule has 0 bridgehead atoms. The number of aliphatic hydroxyl groups excluding tert-OH is 2. The molecule has 0 aromatic rings. The van der Waals surface area contributed by atoms with Crippen LogP contribution in [0.25, 0.3) is 0 Å². The van der Waals surface area contributed by atoms with Crippen molar-refractivity contribution in [1.29, 1.82) is 0 Å². The zero-order valence-corrected chi connectivity index (χ0v) is 14.3. The summed E-state index contributed by atoms with van der Waals surface area (Å²) in [5.74, 6) is 1.18. The maximum atomic E-state index is 12.5. The SMILES string of the molecule is C[C@]12CCC(O)C(O)=C1CC[C@]1(N)[C@@H]2CC[C@]2(C)C(=O)CC[C@@H]12. The minimum atomic E-state index is -0.703. The van der Waals surface area contributed by atoms with Gasteiger partial charge in [-0.3, -0.25) is 4.79 Å². The van der Waals surface area contributed by atoms with Gasteiger partial charge in [0.15, 0.2) is 0 Å². The highest BCUT2D eigenvalue weighted by Crippen LogP contribution is 2.65. The number of nitrogens with two attached hydrogens (primary N) is 1. The average molecular weight is 319 g/mol. The maximum Gasteiger partial charge on any atom is 0.139 e. The predicted octanol–water partition coefficient (Wildman–Crippen LogP) is 2.85. The van der Waals surface area contributed by atoms with Gasteiger partial charge in [-0.05, 0) is 67.8 Å². The first-order valence-corrected chi connectivity index (χ1v) is 9.16. The molecule has 0 spiro atoms. The predicted molar refractivity (Wildman–Crippen MR) is 87.7 cm³/mol. The number of hydrogen-bond acceptors (Lipinski definition) is 4. The molecule has 4 nitrogen and oxygen atoms in total. The molecule has 4 N–H and O–H groups in total. The van der Waals surface area contributed by atoms with Gasteiger partial charge < -0.3 is 15.9 Å². The smallest absolute Gasteiger partial charge is 0.139 e. The zero-order valence-electron chi connectivity index (χ0n) is 14.3. The first-order valence-electron chi connectivity index (χ1n) is 9.16. The largest absolute Gasteiger partial charge is 0.510 e. The number of carbonyl (C=O) groups is 1. The van der Waals surface area contributed by atoms with Crippen molar-refractivity contribution in [3.05, 3.63) is 11.3 Å². The molecule has 0 saturated heterocycles. The van der Waals surface area contributed by atoms with Gasteiger partial charge >= 0.3 is 0 Å². The molecule has 3 saturated carbocycles. The lowest BCUT2D eigenvalue weighted by Gasteiger charge is -2.62. The van der Waals surface area contributed by atoms with Crippen molar-refractivity contribution in [2.45, 2.75) is 76.9 Å². The number of hydrogen-bond donors (Lipinski definition) is 3. The van der Waals surface area contributed by atoms with Gasteiger partial charge in [-0.25, -0.2) is 0 Å². The van der Waals surface area contributed by atoms with E-state index < -0.39 is 6.10 Å². The van der Waals surface area contributed by atoms with Gasteiger partial charge in [0.1, 0.15) is 17.6 Å². The number of carbonyl (C=O) groups excluding carboxylic acids is 1. The summed E-state index contributed by atoms with van der Waals surface area (Å²) in [6.45, 7) is 4.36. The van der Waals surface area contributed by atoms with E-state index in [2.05, 4.69) is 13.8 Å². The Labute approximate surface area is 138 Å². The Hall–Kier alpha value is -0.870. The number of aliphatic hydroxyl groups is 2. The summed E-state index contributed by atoms with van der Waals surface area (Å²) in [7, 11) is 0. The molecule has 1 unspecified atom stereocenters. The molecule has 0 amide bonds. The molecule has 3 fully saturated rings. The molecule has 0 heterocycles. The summed E-state index contributed by atoms with van der Waals surface area (Å²) < 4.78 is 0. The van der Waals surface area contributed by atoms with E-state index in [9.17, 15) is 15.0 Å². The summed E-state index contributed by atoms with van der Waals surface area (Å²) in [6, 6.07) is 0. The lowest BCUT2D eigenvalue weighted by Crippen LogP contribution is -2.66. The van der Waals surface area contributed by atoms with E-state index in [0.717, 1.165) is 44.1 Å². The monoisotopic (exact) mass is 319 g/mol. The second-order valence-electron chi connectivity index (χ2n) is 8.97. The van der Waals surface area contributed by atoms with Crippen molar-refractivity contribution in [1.82, 2.24) is 0 Å². The molecule has 0 radical (unpaired) electrons. The van der Waals surface area contributed by atoms with Gasteiger partial charge in [0.05, 0.1) is 0 Å². The van der Waals surface area contributed by atoms with Gasteiger partial charge in [-0.1, -0.05) is 13.8 Å². The van der Waals surface area contributed by atoms with Crippen molar-refractivity contribution in [2.75, 3.05) is 0 Å². The number of rotatable bonds is 0. The molecular weight excluding hydrogens is 290 g/mol. The van der Waals surface area contributed by atoms with Crippen LogP contribution in [0.5, 0.6) is 0 Å². The van der Waals surface area contributed by atoms with Crippen LogP contribution in [-0.2, 0) is 4.79 Å². The van der Waals surface area contributed by atoms with E-state index >= 15 is 0 Å². The Morgan fingerprint density at radius 2 is 1.65 bits per heavy atom. The molecule has 128 valence electrons. The summed E-state index contributed by atoms with van der Waals surface area (Å²) in [5, 5.41) is 20.5. The van der Waals surface area contributed by atoms with Crippen LogP contribution in [0.3, 0.4) is 0 Å². The Morgan fingerprint density at radius 3 is 2.39 bits per heavy atom. The molecule has 4 heteroatoms. The second kappa shape index (κ2) is 4.60. The van der Waals surface area contributed by atoms with Crippen LogP contribution in [0.4, 0.5) is 0 Å². The highest BCUT2D eigenvalue weighted by atomic mass is 16.3.